The summed E-state index contributed by atoms with van der Waals surface area (Å²) in [6, 6.07) is 0. The number of nitrogens with zero attached hydrogens (tertiary/aromatic N) is 1. The molecule has 1 rings (SSSR count). The van der Waals surface area contributed by atoms with Gasteiger partial charge in [-0.25, -0.2) is 0 Å². The van der Waals surface area contributed by atoms with Gasteiger partial charge in [-0.15, -0.1) is 6.58 Å². The van der Waals surface area contributed by atoms with Crippen molar-refractivity contribution in [3.8, 4) is 0 Å². The number of hydrogen-bond donors (Lipinski definition) is 2. The summed E-state index contributed by atoms with van der Waals surface area (Å²) >= 11 is 0. The van der Waals surface area contributed by atoms with Crippen LogP contribution in [0, 0.1) is 0 Å². The third-order valence-corrected chi connectivity index (χ3v) is 2.48. The summed E-state index contributed by atoms with van der Waals surface area (Å²) in [5.74, 6) is 0. The normalized spacial score (nSPS) is 27.1. The van der Waals surface area contributed by atoms with Crippen LogP contribution >= 0.6 is 0 Å². The molecule has 0 aromatic carbocycles. The lowest BCUT2D eigenvalue weighted by molar-refractivity contribution is 0.144. The van der Waals surface area contributed by atoms with Crippen LogP contribution in [-0.4, -0.2) is 55.0 Å². The summed E-state index contributed by atoms with van der Waals surface area (Å²) in [6.07, 6.45) is 2.72. The highest BCUT2D eigenvalue weighted by atomic mass is 16.5. The average Bonchev–Trinajstić information content (AvgIpc) is 2.53. The van der Waals surface area contributed by atoms with Crippen LogP contribution in [0.5, 0.6) is 0 Å². The largest absolute Gasteiger partial charge is 0.395 e. The van der Waals surface area contributed by atoms with Gasteiger partial charge in [-0.3, -0.25) is 4.90 Å². The van der Waals surface area contributed by atoms with Crippen LogP contribution in [-0.2, 0) is 4.74 Å². The van der Waals surface area contributed by atoms with Crippen LogP contribution in [0.2, 0.25) is 0 Å². The van der Waals surface area contributed by atoms with Gasteiger partial charge in [0, 0.05) is 26.2 Å². The Hall–Kier alpha value is -0.420. The fraction of sp³-hybridized carbons (Fsp3) is 0.800. The second-order valence-electron chi connectivity index (χ2n) is 3.91. The highest BCUT2D eigenvalue weighted by Crippen LogP contribution is 2.16. The monoisotopic (exact) mass is 200 g/mol. The Morgan fingerprint density at radius 2 is 2.43 bits per heavy atom. The first kappa shape index (κ1) is 11.7. The molecule has 1 unspecified atom stereocenters. The fourth-order valence-corrected chi connectivity index (χ4v) is 1.75. The van der Waals surface area contributed by atoms with E-state index in [0.29, 0.717) is 13.2 Å². The third-order valence-electron chi connectivity index (χ3n) is 2.48. The number of ether oxygens (including phenoxy) is 1. The minimum Gasteiger partial charge on any atom is -0.395 e. The second-order valence-corrected chi connectivity index (χ2v) is 3.91. The molecule has 0 spiro atoms. The van der Waals surface area contributed by atoms with Gasteiger partial charge in [-0.05, 0) is 6.42 Å². The first-order valence-corrected chi connectivity index (χ1v) is 5.01. The van der Waals surface area contributed by atoms with Gasteiger partial charge in [0.15, 0.2) is 0 Å². The van der Waals surface area contributed by atoms with Crippen molar-refractivity contribution in [1.82, 2.24) is 4.90 Å². The zero-order valence-corrected chi connectivity index (χ0v) is 8.61. The number of rotatable bonds is 6. The van der Waals surface area contributed by atoms with E-state index in [1.165, 1.54) is 0 Å². The first-order chi connectivity index (χ1) is 6.70. The zero-order valence-electron chi connectivity index (χ0n) is 8.61. The van der Waals surface area contributed by atoms with E-state index in [1.807, 2.05) is 6.08 Å². The molecule has 0 amide bonds. The Balaban J connectivity index is 2.40. The highest BCUT2D eigenvalue weighted by Gasteiger charge is 2.31. The zero-order chi connectivity index (χ0) is 10.4. The fourth-order valence-electron chi connectivity index (χ4n) is 1.75. The second kappa shape index (κ2) is 5.46. The van der Waals surface area contributed by atoms with E-state index in [0.717, 1.165) is 26.1 Å². The molecule has 1 saturated heterocycles. The Morgan fingerprint density at radius 3 is 2.93 bits per heavy atom. The van der Waals surface area contributed by atoms with Crippen molar-refractivity contribution < 1.29 is 9.84 Å². The molecule has 0 aromatic heterocycles. The Labute approximate surface area is 85.3 Å². The van der Waals surface area contributed by atoms with Gasteiger partial charge < -0.3 is 15.6 Å². The Bertz CT molecular complexity index is 179. The average molecular weight is 200 g/mol. The van der Waals surface area contributed by atoms with Crippen molar-refractivity contribution in [2.45, 2.75) is 12.0 Å². The Kier molecular flexibility index (Phi) is 4.54. The molecule has 1 atom stereocenters. The van der Waals surface area contributed by atoms with Gasteiger partial charge >= 0.3 is 0 Å². The van der Waals surface area contributed by atoms with Crippen LogP contribution < -0.4 is 5.73 Å². The molecule has 82 valence electrons. The van der Waals surface area contributed by atoms with Crippen molar-refractivity contribution in [3.05, 3.63) is 12.7 Å². The molecule has 1 aliphatic heterocycles. The van der Waals surface area contributed by atoms with E-state index >= 15 is 0 Å². The van der Waals surface area contributed by atoms with Crippen molar-refractivity contribution in [2.75, 3.05) is 39.5 Å². The molecule has 14 heavy (non-hydrogen) atoms. The molecule has 0 bridgehead atoms. The summed E-state index contributed by atoms with van der Waals surface area (Å²) in [5.41, 5.74) is 5.90. The van der Waals surface area contributed by atoms with Crippen molar-refractivity contribution >= 4 is 0 Å². The summed E-state index contributed by atoms with van der Waals surface area (Å²) < 4.78 is 5.28. The predicted molar refractivity (Wildman–Crippen MR) is 56.1 cm³/mol. The number of aliphatic hydroxyl groups is 1. The first-order valence-electron chi connectivity index (χ1n) is 5.01. The minimum atomic E-state index is -0.238. The maximum absolute atomic E-state index is 8.87. The number of nitrogens with two attached hydrogens (primary N) is 1. The van der Waals surface area contributed by atoms with E-state index in [1.54, 1.807) is 0 Å². The van der Waals surface area contributed by atoms with Gasteiger partial charge in [0.1, 0.15) is 0 Å². The number of aliphatic hydroxyl groups excluding tert-OH is 1. The molecule has 4 nitrogen and oxygen atoms in total. The summed E-state index contributed by atoms with van der Waals surface area (Å²) in [4.78, 5) is 2.10. The maximum Gasteiger partial charge on any atom is 0.0659 e. The molecule has 4 heteroatoms. The van der Waals surface area contributed by atoms with Crippen LogP contribution in [0.1, 0.15) is 6.42 Å². The lowest BCUT2D eigenvalue weighted by Gasteiger charge is -2.29. The lowest BCUT2D eigenvalue weighted by atomic mass is 9.99. The van der Waals surface area contributed by atoms with Crippen molar-refractivity contribution in [3.63, 3.8) is 0 Å². The molecule has 1 aliphatic rings. The van der Waals surface area contributed by atoms with E-state index in [-0.39, 0.29) is 12.1 Å². The van der Waals surface area contributed by atoms with Gasteiger partial charge in [0.25, 0.3) is 0 Å². The molecular weight excluding hydrogens is 180 g/mol. The quantitative estimate of drug-likeness (QED) is 0.572. The predicted octanol–water partition coefficient (Wildman–Crippen LogP) is -0.415. The Morgan fingerprint density at radius 1 is 1.64 bits per heavy atom. The van der Waals surface area contributed by atoms with Crippen molar-refractivity contribution in [2.24, 2.45) is 5.73 Å². The van der Waals surface area contributed by atoms with Gasteiger partial charge in [-0.1, -0.05) is 6.08 Å². The van der Waals surface area contributed by atoms with Crippen LogP contribution in [0.3, 0.4) is 0 Å². The van der Waals surface area contributed by atoms with Gasteiger partial charge in [-0.2, -0.15) is 0 Å². The van der Waals surface area contributed by atoms with E-state index in [4.69, 9.17) is 15.6 Å². The molecule has 0 aromatic rings. The van der Waals surface area contributed by atoms with Gasteiger partial charge in [0.2, 0.25) is 0 Å². The summed E-state index contributed by atoms with van der Waals surface area (Å²) in [6.45, 7) is 7.38. The molecule has 3 N–H and O–H groups in total. The summed E-state index contributed by atoms with van der Waals surface area (Å²) in [5, 5.41) is 8.87. The maximum atomic E-state index is 8.87. The van der Waals surface area contributed by atoms with Crippen molar-refractivity contribution in [1.29, 1.82) is 0 Å². The number of hydrogen-bond acceptors (Lipinski definition) is 4. The van der Waals surface area contributed by atoms with E-state index in [9.17, 15) is 0 Å². The topological polar surface area (TPSA) is 58.7 Å². The molecule has 1 fully saturated rings. The highest BCUT2D eigenvalue weighted by molar-refractivity contribution is 4.92. The molecular formula is C10H20N2O2. The molecule has 0 aliphatic carbocycles. The third kappa shape index (κ3) is 3.38. The summed E-state index contributed by atoms with van der Waals surface area (Å²) in [7, 11) is 0. The standard InChI is InChI=1S/C10H20N2O2/c1-2-4-12(5-6-13)8-10(11)3-7-14-9-10/h2,13H,1,3-9,11H2. The SMILES string of the molecule is C=CCN(CCO)CC1(N)CCOC1. The molecule has 0 radical (unpaired) electrons. The molecule has 1 heterocycles. The molecule has 0 saturated carbocycles. The minimum absolute atomic E-state index is 0.158. The van der Waals surface area contributed by atoms with E-state index < -0.39 is 0 Å². The van der Waals surface area contributed by atoms with Crippen LogP contribution in [0.4, 0.5) is 0 Å². The smallest absolute Gasteiger partial charge is 0.0659 e. The van der Waals surface area contributed by atoms with Crippen LogP contribution in [0.25, 0.3) is 0 Å². The van der Waals surface area contributed by atoms with E-state index in [2.05, 4.69) is 11.5 Å². The lowest BCUT2D eigenvalue weighted by Crippen LogP contribution is -2.51. The van der Waals surface area contributed by atoms with Gasteiger partial charge in [0.05, 0.1) is 18.8 Å². The van der Waals surface area contributed by atoms with Crippen LogP contribution in [0.15, 0.2) is 12.7 Å².